The second-order valence-electron chi connectivity index (χ2n) is 7.67. The van der Waals surface area contributed by atoms with Crippen LogP contribution in [0.3, 0.4) is 0 Å². The average molecular weight is 357 g/mol. The zero-order valence-corrected chi connectivity index (χ0v) is 16.2. The minimum atomic E-state index is -0.927. The van der Waals surface area contributed by atoms with Crippen molar-refractivity contribution in [2.24, 2.45) is 5.92 Å². The van der Waals surface area contributed by atoms with Crippen molar-refractivity contribution in [3.63, 3.8) is 0 Å². The third-order valence-corrected chi connectivity index (χ3v) is 5.20. The van der Waals surface area contributed by atoms with Crippen molar-refractivity contribution in [1.29, 1.82) is 0 Å². The predicted molar refractivity (Wildman–Crippen MR) is 98.7 cm³/mol. The second kappa shape index (κ2) is 7.52. The maximum atomic E-state index is 13.1. The van der Waals surface area contributed by atoms with Gasteiger partial charge in [0.25, 0.3) is 0 Å². The van der Waals surface area contributed by atoms with E-state index in [0.717, 1.165) is 11.1 Å². The summed E-state index contributed by atoms with van der Waals surface area (Å²) in [5.41, 5.74) is 1.53. The van der Waals surface area contributed by atoms with Crippen molar-refractivity contribution in [2.75, 3.05) is 6.54 Å². The minimum Gasteiger partial charge on any atom is -0.328 e. The van der Waals surface area contributed by atoms with Gasteiger partial charge in [-0.05, 0) is 18.1 Å². The Kier molecular flexibility index (Phi) is 5.79. The van der Waals surface area contributed by atoms with E-state index >= 15 is 0 Å². The summed E-state index contributed by atoms with van der Waals surface area (Å²) in [5, 5.41) is 0. The molecule has 1 aromatic carbocycles. The molecule has 0 spiro atoms. The largest absolute Gasteiger partial charge is 0.328 e. The van der Waals surface area contributed by atoms with Crippen LogP contribution in [0.4, 0.5) is 0 Å². The second-order valence-corrected chi connectivity index (χ2v) is 7.67. The third kappa shape index (κ3) is 3.76. The van der Waals surface area contributed by atoms with Gasteiger partial charge in [-0.2, -0.15) is 0 Å². The molecule has 5 heteroatoms. The third-order valence-electron chi connectivity index (χ3n) is 5.20. The van der Waals surface area contributed by atoms with Gasteiger partial charge >= 0.3 is 0 Å². The molecule has 0 fully saturated rings. The number of nitrogens with zero attached hydrogens (tertiary/aromatic N) is 1. The number of hydrogen-bond donors (Lipinski definition) is 0. The molecule has 0 aliphatic carbocycles. The highest BCUT2D eigenvalue weighted by Gasteiger charge is 2.42. The van der Waals surface area contributed by atoms with Gasteiger partial charge in [0.1, 0.15) is 17.6 Å². The lowest BCUT2D eigenvalue weighted by Crippen LogP contribution is -2.50. The van der Waals surface area contributed by atoms with Crippen molar-refractivity contribution >= 4 is 23.3 Å². The highest BCUT2D eigenvalue weighted by molar-refractivity contribution is 6.05. The molecule has 5 nitrogen and oxygen atoms in total. The maximum Gasteiger partial charge on any atom is 0.220 e. The predicted octanol–water partition coefficient (Wildman–Crippen LogP) is 3.01. The van der Waals surface area contributed by atoms with Crippen LogP contribution in [0.15, 0.2) is 24.3 Å². The lowest BCUT2D eigenvalue weighted by Gasteiger charge is -2.44. The summed E-state index contributed by atoms with van der Waals surface area (Å²) in [4.78, 5) is 50.9. The van der Waals surface area contributed by atoms with Crippen LogP contribution in [-0.2, 0) is 24.6 Å². The van der Waals surface area contributed by atoms with Gasteiger partial charge < -0.3 is 4.90 Å². The van der Waals surface area contributed by atoms with Crippen LogP contribution in [0.1, 0.15) is 64.6 Å². The van der Waals surface area contributed by atoms with Crippen LogP contribution in [0.5, 0.6) is 0 Å². The summed E-state index contributed by atoms with van der Waals surface area (Å²) >= 11 is 0. The number of carbonyl (C=O) groups excluding carboxylic acids is 4. The van der Waals surface area contributed by atoms with Crippen molar-refractivity contribution in [3.8, 4) is 0 Å². The first kappa shape index (κ1) is 20.0. The molecule has 26 heavy (non-hydrogen) atoms. The molecule has 1 amide bonds. The normalized spacial score (nSPS) is 19.4. The highest BCUT2D eigenvalue weighted by Crippen LogP contribution is 2.40. The minimum absolute atomic E-state index is 0.161. The van der Waals surface area contributed by atoms with Crippen LogP contribution in [0.2, 0.25) is 0 Å². The number of amides is 1. The van der Waals surface area contributed by atoms with Crippen molar-refractivity contribution in [3.05, 3.63) is 35.4 Å². The Balaban J connectivity index is 2.46. The highest BCUT2D eigenvalue weighted by atomic mass is 16.2. The molecule has 2 rings (SSSR count). The van der Waals surface area contributed by atoms with Crippen LogP contribution in [0.25, 0.3) is 0 Å². The maximum absolute atomic E-state index is 13.1. The molecule has 0 N–H and O–H groups in total. The first-order valence-corrected chi connectivity index (χ1v) is 9.02. The van der Waals surface area contributed by atoms with Gasteiger partial charge in [0, 0.05) is 31.7 Å². The summed E-state index contributed by atoms with van der Waals surface area (Å²) in [6.45, 7) is 8.98. The van der Waals surface area contributed by atoms with E-state index in [2.05, 4.69) is 0 Å². The molecule has 1 aliphatic heterocycles. The van der Waals surface area contributed by atoms with Gasteiger partial charge in [-0.15, -0.1) is 0 Å². The lowest BCUT2D eigenvalue weighted by atomic mass is 9.74. The fraction of sp³-hybridized carbons (Fsp3) is 0.524. The van der Waals surface area contributed by atoms with E-state index in [1.54, 1.807) is 11.8 Å². The molecule has 2 atom stereocenters. The van der Waals surface area contributed by atoms with Gasteiger partial charge in [0.2, 0.25) is 5.91 Å². The van der Waals surface area contributed by atoms with Crippen LogP contribution < -0.4 is 0 Å². The van der Waals surface area contributed by atoms with Gasteiger partial charge in [0.15, 0.2) is 5.78 Å². The summed E-state index contributed by atoms with van der Waals surface area (Å²) in [7, 11) is 0. The molecule has 1 aliphatic rings. The topological polar surface area (TPSA) is 71.5 Å². The summed E-state index contributed by atoms with van der Waals surface area (Å²) < 4.78 is 0. The van der Waals surface area contributed by atoms with Gasteiger partial charge in [0.05, 0.1) is 5.92 Å². The van der Waals surface area contributed by atoms with E-state index in [-0.39, 0.29) is 41.5 Å². The van der Waals surface area contributed by atoms with E-state index in [4.69, 9.17) is 0 Å². The smallest absolute Gasteiger partial charge is 0.220 e. The fourth-order valence-corrected chi connectivity index (χ4v) is 3.81. The fourth-order valence-electron chi connectivity index (χ4n) is 3.81. The molecule has 0 saturated heterocycles. The first-order chi connectivity index (χ1) is 12.1. The average Bonchev–Trinajstić information content (AvgIpc) is 2.58. The van der Waals surface area contributed by atoms with Gasteiger partial charge in [-0.25, -0.2) is 0 Å². The molecule has 1 aromatic rings. The lowest BCUT2D eigenvalue weighted by molar-refractivity contribution is -0.142. The zero-order chi connectivity index (χ0) is 19.6. The Morgan fingerprint density at radius 1 is 1.15 bits per heavy atom. The van der Waals surface area contributed by atoms with E-state index < -0.39 is 12.0 Å². The number of Topliss-reactive ketones (excluding diaryl/α,β-unsaturated/α-hetero) is 3. The van der Waals surface area contributed by atoms with Crippen molar-refractivity contribution < 1.29 is 19.2 Å². The number of benzene rings is 1. The number of hydrogen-bond acceptors (Lipinski definition) is 4. The Morgan fingerprint density at radius 3 is 2.31 bits per heavy atom. The summed E-state index contributed by atoms with van der Waals surface area (Å²) in [6, 6.07) is 6.86. The molecule has 0 aromatic heterocycles. The summed E-state index contributed by atoms with van der Waals surface area (Å²) in [6.07, 6.45) is 0.0491. The molecule has 140 valence electrons. The van der Waals surface area contributed by atoms with E-state index in [9.17, 15) is 19.2 Å². The van der Waals surface area contributed by atoms with Crippen molar-refractivity contribution in [2.45, 2.75) is 58.9 Å². The Bertz CT molecular complexity index is 750. The Hall–Kier alpha value is -2.30. The Morgan fingerprint density at radius 2 is 1.77 bits per heavy atom. The molecular formula is C21H27NO4. The van der Waals surface area contributed by atoms with E-state index in [0.29, 0.717) is 6.54 Å². The number of fused-ring (bicyclic) bond motifs is 1. The number of carbonyl (C=O) groups is 4. The summed E-state index contributed by atoms with van der Waals surface area (Å²) in [5.74, 6) is -1.91. The van der Waals surface area contributed by atoms with Gasteiger partial charge in [-0.3, -0.25) is 19.2 Å². The van der Waals surface area contributed by atoms with Gasteiger partial charge in [-0.1, -0.05) is 45.0 Å². The zero-order valence-electron chi connectivity index (χ0n) is 16.2. The van der Waals surface area contributed by atoms with Crippen LogP contribution in [0, 0.1) is 5.92 Å². The van der Waals surface area contributed by atoms with E-state index in [1.165, 1.54) is 13.8 Å². The standard InChI is InChI=1S/C21H27NO4/c1-6-18(25)16(13(2)23)11-19(26)20-15-9-7-8-10-17(15)21(4,5)12-22(20)14(3)24/h7-10,16,20H,6,11-12H2,1-5H3. The van der Waals surface area contributed by atoms with Crippen LogP contribution >= 0.6 is 0 Å². The molecule has 1 heterocycles. The Labute approximate surface area is 154 Å². The molecule has 0 bridgehead atoms. The number of ketones is 3. The molecule has 0 saturated carbocycles. The first-order valence-electron chi connectivity index (χ1n) is 9.02. The van der Waals surface area contributed by atoms with Crippen molar-refractivity contribution in [1.82, 2.24) is 4.90 Å². The molecule has 2 unspecified atom stereocenters. The van der Waals surface area contributed by atoms with E-state index in [1.807, 2.05) is 38.1 Å². The molecule has 0 radical (unpaired) electrons. The number of rotatable bonds is 6. The van der Waals surface area contributed by atoms with Crippen LogP contribution in [-0.4, -0.2) is 34.7 Å². The quantitative estimate of drug-likeness (QED) is 0.734. The molecular weight excluding hydrogens is 330 g/mol. The monoisotopic (exact) mass is 357 g/mol. The SMILES string of the molecule is CCC(=O)C(CC(=O)C1c2ccccc2C(C)(C)CN1C(C)=O)C(C)=O.